The average molecular weight is 360 g/mol. The maximum Gasteiger partial charge on any atom is 0.227 e. The van der Waals surface area contributed by atoms with E-state index < -0.39 is 11.3 Å². The van der Waals surface area contributed by atoms with Crippen LogP contribution in [0.25, 0.3) is 0 Å². The van der Waals surface area contributed by atoms with Gasteiger partial charge in [0.1, 0.15) is 5.78 Å². The van der Waals surface area contributed by atoms with Crippen LogP contribution >= 0.6 is 0 Å². The van der Waals surface area contributed by atoms with Gasteiger partial charge in [-0.25, -0.2) is 0 Å². The standard InChI is InChI=1S/C23H24N2O2/c1-16(26)14-20-22(27)25(17(2)18-8-4-3-5-9-18)13-12-23(20)15-24-21-11-7-6-10-19(21)23/h3-11,15,17,20H,12-14H2,1-2H3/t17?,20-,23+/m1/s1. The molecule has 1 spiro atoms. The minimum absolute atomic E-state index is 0.0147. The molecule has 3 atom stereocenters. The lowest BCUT2D eigenvalue weighted by molar-refractivity contribution is -0.145. The van der Waals surface area contributed by atoms with Crippen molar-refractivity contribution in [3.63, 3.8) is 0 Å². The van der Waals surface area contributed by atoms with E-state index >= 15 is 0 Å². The normalized spacial score (nSPS) is 24.9. The van der Waals surface area contributed by atoms with Gasteiger partial charge in [-0.1, -0.05) is 48.5 Å². The summed E-state index contributed by atoms with van der Waals surface area (Å²) in [7, 11) is 0. The van der Waals surface area contributed by atoms with Crippen molar-refractivity contribution in [1.29, 1.82) is 0 Å². The molecule has 2 aromatic rings. The van der Waals surface area contributed by atoms with Crippen molar-refractivity contribution in [3.05, 3.63) is 65.7 Å². The third-order valence-corrected chi connectivity index (χ3v) is 6.05. The molecule has 1 saturated heterocycles. The Morgan fingerprint density at radius 3 is 2.63 bits per heavy atom. The molecule has 0 saturated carbocycles. The van der Waals surface area contributed by atoms with Crippen LogP contribution in [0.3, 0.4) is 0 Å². The number of fused-ring (bicyclic) bond motifs is 2. The quantitative estimate of drug-likeness (QED) is 0.819. The molecule has 2 aliphatic rings. The molecule has 27 heavy (non-hydrogen) atoms. The predicted molar refractivity (Wildman–Crippen MR) is 106 cm³/mol. The Labute approximate surface area is 159 Å². The van der Waals surface area contributed by atoms with Crippen molar-refractivity contribution in [2.75, 3.05) is 6.54 Å². The molecule has 0 aliphatic carbocycles. The van der Waals surface area contributed by atoms with Crippen molar-refractivity contribution < 1.29 is 9.59 Å². The number of Topliss-reactive ketones (excluding diaryl/α,β-unsaturated/α-hetero) is 1. The zero-order chi connectivity index (χ0) is 19.0. The van der Waals surface area contributed by atoms with Crippen LogP contribution < -0.4 is 0 Å². The number of piperidine rings is 1. The number of rotatable bonds is 4. The summed E-state index contributed by atoms with van der Waals surface area (Å²) in [4.78, 5) is 32.1. The van der Waals surface area contributed by atoms with Gasteiger partial charge in [0.05, 0.1) is 17.6 Å². The highest BCUT2D eigenvalue weighted by molar-refractivity contribution is 5.97. The summed E-state index contributed by atoms with van der Waals surface area (Å²) in [6.45, 7) is 4.29. The minimum Gasteiger partial charge on any atom is -0.336 e. The van der Waals surface area contributed by atoms with Gasteiger partial charge in [0.25, 0.3) is 0 Å². The third-order valence-electron chi connectivity index (χ3n) is 6.05. The van der Waals surface area contributed by atoms with E-state index in [4.69, 9.17) is 0 Å². The first kappa shape index (κ1) is 17.7. The van der Waals surface area contributed by atoms with E-state index in [0.29, 0.717) is 6.54 Å². The number of benzene rings is 2. The number of likely N-dealkylation sites (tertiary alicyclic amines) is 1. The van der Waals surface area contributed by atoms with E-state index in [1.165, 1.54) is 0 Å². The molecule has 0 bridgehead atoms. The van der Waals surface area contributed by atoms with E-state index in [0.717, 1.165) is 23.2 Å². The number of aliphatic imine (C=N–C) groups is 1. The fraction of sp³-hybridized carbons (Fsp3) is 0.348. The zero-order valence-corrected chi connectivity index (χ0v) is 15.8. The molecule has 2 heterocycles. The highest BCUT2D eigenvalue weighted by Gasteiger charge is 2.52. The van der Waals surface area contributed by atoms with Crippen molar-refractivity contribution in [2.45, 2.75) is 38.1 Å². The van der Waals surface area contributed by atoms with E-state index in [1.807, 2.05) is 47.5 Å². The van der Waals surface area contributed by atoms with Gasteiger partial charge in [0, 0.05) is 24.6 Å². The summed E-state index contributed by atoms with van der Waals surface area (Å²) in [5, 5.41) is 0. The van der Waals surface area contributed by atoms with Gasteiger partial charge < -0.3 is 9.69 Å². The van der Waals surface area contributed by atoms with Crippen LogP contribution in [-0.2, 0) is 15.0 Å². The molecule has 4 nitrogen and oxygen atoms in total. The first-order chi connectivity index (χ1) is 13.0. The van der Waals surface area contributed by atoms with Crippen LogP contribution in [0.2, 0.25) is 0 Å². The van der Waals surface area contributed by atoms with Crippen molar-refractivity contribution in [1.82, 2.24) is 4.90 Å². The van der Waals surface area contributed by atoms with E-state index in [2.05, 4.69) is 30.1 Å². The number of ketones is 1. The van der Waals surface area contributed by atoms with Crippen LogP contribution in [0.5, 0.6) is 0 Å². The molecule has 2 aliphatic heterocycles. The maximum atomic E-state index is 13.6. The summed E-state index contributed by atoms with van der Waals surface area (Å²) in [5.41, 5.74) is 2.65. The van der Waals surface area contributed by atoms with Gasteiger partial charge in [-0.05, 0) is 37.5 Å². The molecule has 0 radical (unpaired) electrons. The summed E-state index contributed by atoms with van der Waals surface area (Å²) >= 11 is 0. The number of carbonyl (C=O) groups excluding carboxylic acids is 2. The lowest BCUT2D eigenvalue weighted by Gasteiger charge is -2.46. The van der Waals surface area contributed by atoms with Gasteiger partial charge in [-0.2, -0.15) is 0 Å². The highest BCUT2D eigenvalue weighted by atomic mass is 16.2. The molecular formula is C23H24N2O2. The van der Waals surface area contributed by atoms with Crippen molar-refractivity contribution in [3.8, 4) is 0 Å². The number of nitrogens with zero attached hydrogens (tertiary/aromatic N) is 2. The Morgan fingerprint density at radius 2 is 1.89 bits per heavy atom. The molecular weight excluding hydrogens is 336 g/mol. The van der Waals surface area contributed by atoms with Crippen molar-refractivity contribution in [2.24, 2.45) is 10.9 Å². The molecule has 1 amide bonds. The Bertz CT molecular complexity index is 906. The molecule has 0 N–H and O–H groups in total. The Morgan fingerprint density at radius 1 is 1.19 bits per heavy atom. The Balaban J connectivity index is 1.71. The number of carbonyl (C=O) groups is 2. The molecule has 2 aromatic carbocycles. The average Bonchev–Trinajstić information content (AvgIpc) is 3.05. The largest absolute Gasteiger partial charge is 0.336 e. The second-order valence-corrected chi connectivity index (χ2v) is 7.64. The van der Waals surface area contributed by atoms with E-state index in [1.54, 1.807) is 6.92 Å². The van der Waals surface area contributed by atoms with E-state index in [-0.39, 0.29) is 24.2 Å². The molecule has 4 heteroatoms. The Kier molecular flexibility index (Phi) is 4.42. The first-order valence-corrected chi connectivity index (χ1v) is 9.52. The summed E-state index contributed by atoms with van der Waals surface area (Å²) < 4.78 is 0. The lowest BCUT2D eigenvalue weighted by Crippen LogP contribution is -2.54. The van der Waals surface area contributed by atoms with Crippen LogP contribution in [0.4, 0.5) is 5.69 Å². The third kappa shape index (κ3) is 2.89. The van der Waals surface area contributed by atoms with Crippen molar-refractivity contribution >= 4 is 23.6 Å². The molecule has 0 aromatic heterocycles. The molecule has 4 rings (SSSR count). The minimum atomic E-state index is -0.466. The summed E-state index contributed by atoms with van der Waals surface area (Å²) in [6.07, 6.45) is 2.96. The fourth-order valence-electron chi connectivity index (χ4n) is 4.57. The van der Waals surface area contributed by atoms with Crippen LogP contribution in [-0.4, -0.2) is 29.3 Å². The number of para-hydroxylation sites is 1. The summed E-state index contributed by atoms with van der Waals surface area (Å²) in [5.74, 6) is -0.307. The maximum absolute atomic E-state index is 13.6. The second kappa shape index (κ2) is 6.76. The molecule has 1 unspecified atom stereocenters. The molecule has 138 valence electrons. The van der Waals surface area contributed by atoms with Crippen LogP contribution in [0.1, 0.15) is 43.9 Å². The predicted octanol–water partition coefficient (Wildman–Crippen LogP) is 4.23. The number of hydrogen-bond acceptors (Lipinski definition) is 3. The van der Waals surface area contributed by atoms with Crippen LogP contribution in [0, 0.1) is 5.92 Å². The number of hydrogen-bond donors (Lipinski definition) is 0. The highest BCUT2D eigenvalue weighted by Crippen LogP contribution is 2.49. The smallest absolute Gasteiger partial charge is 0.227 e. The van der Waals surface area contributed by atoms with Gasteiger partial charge in [0.15, 0.2) is 0 Å². The summed E-state index contributed by atoms with van der Waals surface area (Å²) in [6, 6.07) is 18.0. The molecule has 1 fully saturated rings. The topological polar surface area (TPSA) is 49.7 Å². The monoisotopic (exact) mass is 360 g/mol. The second-order valence-electron chi connectivity index (χ2n) is 7.64. The van der Waals surface area contributed by atoms with Gasteiger partial charge in [0.2, 0.25) is 5.91 Å². The number of amides is 1. The Hall–Kier alpha value is -2.75. The fourth-order valence-corrected chi connectivity index (χ4v) is 4.57. The zero-order valence-electron chi connectivity index (χ0n) is 15.8. The van der Waals surface area contributed by atoms with Crippen LogP contribution in [0.15, 0.2) is 59.6 Å². The lowest BCUT2D eigenvalue weighted by atomic mass is 9.65. The van der Waals surface area contributed by atoms with Gasteiger partial charge in [-0.3, -0.25) is 9.79 Å². The van der Waals surface area contributed by atoms with E-state index in [9.17, 15) is 9.59 Å². The van der Waals surface area contributed by atoms with Gasteiger partial charge >= 0.3 is 0 Å². The first-order valence-electron chi connectivity index (χ1n) is 9.52. The van der Waals surface area contributed by atoms with Gasteiger partial charge in [-0.15, -0.1) is 0 Å². The SMILES string of the molecule is CC(=O)C[C@@H]1C(=O)N(C(C)c2ccccc2)CC[C@@]12C=Nc1ccccc12.